The Kier molecular flexibility index (Phi) is 3.89. The van der Waals surface area contributed by atoms with Crippen LogP contribution in [0.5, 0.6) is 0 Å². The summed E-state index contributed by atoms with van der Waals surface area (Å²) in [5.74, 6) is 0.236. The highest BCUT2D eigenvalue weighted by Gasteiger charge is 2.27. The van der Waals surface area contributed by atoms with Crippen LogP contribution in [0.25, 0.3) is 0 Å². The van der Waals surface area contributed by atoms with E-state index in [1.807, 2.05) is 0 Å². The van der Waals surface area contributed by atoms with Gasteiger partial charge in [-0.1, -0.05) is 24.5 Å². The predicted molar refractivity (Wildman–Crippen MR) is 64.3 cm³/mol. The van der Waals surface area contributed by atoms with Crippen molar-refractivity contribution >= 4 is 5.78 Å². The molecule has 2 N–H and O–H groups in total. The summed E-state index contributed by atoms with van der Waals surface area (Å²) >= 11 is 0. The molecule has 17 heavy (non-hydrogen) atoms. The normalized spacial score (nSPS) is 25.5. The number of aryl methyl sites for hydroxylation is 1. The summed E-state index contributed by atoms with van der Waals surface area (Å²) in [6.07, 6.45) is 7.52. The third-order valence-electron chi connectivity index (χ3n) is 3.49. The first-order chi connectivity index (χ1) is 8.16. The number of rotatable bonds is 3. The lowest BCUT2D eigenvalue weighted by molar-refractivity contribution is -0.123. The molecule has 1 heterocycles. The fraction of sp³-hybridized carbons (Fsp3) is 0.750. The van der Waals surface area contributed by atoms with Crippen LogP contribution in [-0.4, -0.2) is 26.8 Å². The van der Waals surface area contributed by atoms with E-state index in [0.29, 0.717) is 6.42 Å². The lowest BCUT2D eigenvalue weighted by Gasteiger charge is -2.19. The summed E-state index contributed by atoms with van der Waals surface area (Å²) in [5.41, 5.74) is 6.82. The molecule has 2 unspecified atom stereocenters. The summed E-state index contributed by atoms with van der Waals surface area (Å²) in [5, 5.41) is 7.79. The maximum absolute atomic E-state index is 12.2. The highest BCUT2D eigenvalue weighted by atomic mass is 16.1. The van der Waals surface area contributed by atoms with E-state index in [9.17, 15) is 4.79 Å². The van der Waals surface area contributed by atoms with Crippen LogP contribution in [0.4, 0.5) is 0 Å². The molecule has 94 valence electrons. The quantitative estimate of drug-likeness (QED) is 0.789. The fourth-order valence-electron chi connectivity index (χ4n) is 2.52. The van der Waals surface area contributed by atoms with Crippen LogP contribution >= 0.6 is 0 Å². The van der Waals surface area contributed by atoms with E-state index >= 15 is 0 Å². The summed E-state index contributed by atoms with van der Waals surface area (Å²) in [7, 11) is 1.80. The van der Waals surface area contributed by atoms with Gasteiger partial charge in [0.25, 0.3) is 0 Å². The first-order valence-corrected chi connectivity index (χ1v) is 6.30. The maximum Gasteiger partial charge on any atom is 0.143 e. The molecule has 0 aromatic carbocycles. The molecule has 0 spiro atoms. The molecule has 1 aliphatic rings. The number of nitrogens with two attached hydrogens (primary N) is 1. The smallest absolute Gasteiger partial charge is 0.143 e. The third-order valence-corrected chi connectivity index (χ3v) is 3.49. The van der Waals surface area contributed by atoms with Crippen molar-refractivity contribution in [2.75, 3.05) is 0 Å². The van der Waals surface area contributed by atoms with Gasteiger partial charge in [-0.25, -0.2) is 0 Å². The monoisotopic (exact) mass is 236 g/mol. The summed E-state index contributed by atoms with van der Waals surface area (Å²) in [6.45, 7) is 0. The van der Waals surface area contributed by atoms with E-state index < -0.39 is 0 Å². The minimum atomic E-state index is 0.0134. The molecular weight excluding hydrogens is 216 g/mol. The Bertz CT molecular complexity index is 388. The summed E-state index contributed by atoms with van der Waals surface area (Å²) in [4.78, 5) is 12.2. The number of carbonyl (C=O) groups excluding carboxylic acids is 1. The van der Waals surface area contributed by atoms with E-state index in [4.69, 9.17) is 5.73 Å². The second kappa shape index (κ2) is 5.40. The van der Waals surface area contributed by atoms with Crippen molar-refractivity contribution < 1.29 is 4.79 Å². The average Bonchev–Trinajstić information content (AvgIpc) is 2.57. The van der Waals surface area contributed by atoms with Crippen molar-refractivity contribution in [3.05, 3.63) is 11.9 Å². The molecule has 0 saturated heterocycles. The number of carbonyl (C=O) groups is 1. The van der Waals surface area contributed by atoms with E-state index in [1.54, 1.807) is 17.9 Å². The van der Waals surface area contributed by atoms with Crippen molar-refractivity contribution in [2.24, 2.45) is 18.7 Å². The van der Waals surface area contributed by atoms with Crippen molar-refractivity contribution in [3.8, 4) is 0 Å². The van der Waals surface area contributed by atoms with Gasteiger partial charge in [-0.05, 0) is 12.8 Å². The fourth-order valence-corrected chi connectivity index (χ4v) is 2.52. The summed E-state index contributed by atoms with van der Waals surface area (Å²) < 4.78 is 1.62. The lowest BCUT2D eigenvalue weighted by atomic mass is 9.89. The van der Waals surface area contributed by atoms with Gasteiger partial charge < -0.3 is 5.73 Å². The molecular formula is C12H20N4O. The van der Waals surface area contributed by atoms with Crippen LogP contribution in [0.15, 0.2) is 6.20 Å². The molecule has 1 aromatic heterocycles. The second-order valence-electron chi connectivity index (χ2n) is 4.93. The molecule has 1 fully saturated rings. The largest absolute Gasteiger partial charge is 0.327 e. The standard InChI is InChI=1S/C12H20N4O/c1-16-8-9(14-15-16)7-12(17)10-5-3-2-4-6-11(10)13/h8,10-11H,2-7,13H2,1H3. The number of Topliss-reactive ketones (excluding diaryl/α,β-unsaturated/α-hetero) is 1. The number of hydrogen-bond donors (Lipinski definition) is 1. The van der Waals surface area contributed by atoms with Crippen LogP contribution in [-0.2, 0) is 18.3 Å². The van der Waals surface area contributed by atoms with Crippen molar-refractivity contribution in [1.29, 1.82) is 0 Å². The zero-order valence-corrected chi connectivity index (χ0v) is 10.3. The van der Waals surface area contributed by atoms with E-state index in [1.165, 1.54) is 6.42 Å². The van der Waals surface area contributed by atoms with Gasteiger partial charge in [0.05, 0.1) is 12.1 Å². The molecule has 0 aliphatic heterocycles. The summed E-state index contributed by atoms with van der Waals surface area (Å²) in [6, 6.07) is 0.0293. The highest BCUT2D eigenvalue weighted by Crippen LogP contribution is 2.23. The molecule has 5 heteroatoms. The Morgan fingerprint density at radius 2 is 2.24 bits per heavy atom. The zero-order chi connectivity index (χ0) is 12.3. The first kappa shape index (κ1) is 12.2. The topological polar surface area (TPSA) is 73.8 Å². The van der Waals surface area contributed by atoms with Gasteiger partial charge in [-0.15, -0.1) is 5.10 Å². The predicted octanol–water partition coefficient (Wildman–Crippen LogP) is 0.834. The highest BCUT2D eigenvalue weighted by molar-refractivity contribution is 5.83. The molecule has 0 bridgehead atoms. The van der Waals surface area contributed by atoms with Gasteiger partial charge in [0, 0.05) is 25.2 Å². The van der Waals surface area contributed by atoms with Gasteiger partial charge in [0.1, 0.15) is 5.78 Å². The molecule has 1 saturated carbocycles. The van der Waals surface area contributed by atoms with Gasteiger partial charge in [-0.3, -0.25) is 9.48 Å². The van der Waals surface area contributed by atoms with Crippen molar-refractivity contribution in [3.63, 3.8) is 0 Å². The van der Waals surface area contributed by atoms with Gasteiger partial charge >= 0.3 is 0 Å². The third kappa shape index (κ3) is 3.12. The number of hydrogen-bond acceptors (Lipinski definition) is 4. The van der Waals surface area contributed by atoms with E-state index in [2.05, 4.69) is 10.3 Å². The molecule has 2 atom stereocenters. The minimum absolute atomic E-state index is 0.0134. The molecule has 0 amide bonds. The average molecular weight is 236 g/mol. The lowest BCUT2D eigenvalue weighted by Crippen LogP contribution is -2.35. The first-order valence-electron chi connectivity index (χ1n) is 6.30. The van der Waals surface area contributed by atoms with E-state index in [-0.39, 0.29) is 17.7 Å². The molecule has 5 nitrogen and oxygen atoms in total. The second-order valence-corrected chi connectivity index (χ2v) is 4.93. The minimum Gasteiger partial charge on any atom is -0.327 e. The Labute approximate surface area is 101 Å². The molecule has 1 aromatic rings. The Morgan fingerprint density at radius 1 is 1.47 bits per heavy atom. The number of nitrogens with zero attached hydrogens (tertiary/aromatic N) is 3. The van der Waals surface area contributed by atoms with Gasteiger partial charge in [0.2, 0.25) is 0 Å². The van der Waals surface area contributed by atoms with Crippen LogP contribution in [0.1, 0.15) is 37.8 Å². The SMILES string of the molecule is Cn1cc(CC(=O)C2CCCCCC2N)nn1. The Morgan fingerprint density at radius 3 is 2.94 bits per heavy atom. The van der Waals surface area contributed by atoms with Gasteiger partial charge in [-0.2, -0.15) is 0 Å². The maximum atomic E-state index is 12.2. The van der Waals surface area contributed by atoms with Crippen molar-refractivity contribution in [2.45, 2.75) is 44.6 Å². The van der Waals surface area contributed by atoms with E-state index in [0.717, 1.165) is 31.4 Å². The number of ketones is 1. The zero-order valence-electron chi connectivity index (χ0n) is 10.3. The Hall–Kier alpha value is -1.23. The molecule has 0 radical (unpaired) electrons. The molecule has 1 aliphatic carbocycles. The van der Waals surface area contributed by atoms with Crippen molar-refractivity contribution in [1.82, 2.24) is 15.0 Å². The van der Waals surface area contributed by atoms with Crippen LogP contribution in [0, 0.1) is 5.92 Å². The number of aromatic nitrogens is 3. The van der Waals surface area contributed by atoms with Crippen LogP contribution < -0.4 is 5.73 Å². The van der Waals surface area contributed by atoms with Crippen LogP contribution in [0.2, 0.25) is 0 Å². The van der Waals surface area contributed by atoms with Crippen LogP contribution in [0.3, 0.4) is 0 Å². The molecule has 2 rings (SSSR count). The van der Waals surface area contributed by atoms with Gasteiger partial charge in [0.15, 0.2) is 0 Å². The Balaban J connectivity index is 1.98.